The Hall–Kier alpha value is -1.55. The Morgan fingerprint density at radius 2 is 2.10 bits per heavy atom. The molecule has 0 spiro atoms. The molecule has 1 saturated heterocycles. The molecule has 1 aromatic carbocycles. The lowest BCUT2D eigenvalue weighted by molar-refractivity contribution is -0.132. The van der Waals surface area contributed by atoms with Gasteiger partial charge in [0, 0.05) is 5.41 Å². The van der Waals surface area contributed by atoms with Gasteiger partial charge >= 0.3 is 0 Å². The molecular weight excluding hydrogens is 252 g/mol. The lowest BCUT2D eigenvalue weighted by Crippen LogP contribution is -2.46. The van der Waals surface area contributed by atoms with E-state index in [9.17, 15) is 4.79 Å². The quantitative estimate of drug-likeness (QED) is 0.887. The van der Waals surface area contributed by atoms with Gasteiger partial charge in [-0.3, -0.25) is 4.79 Å². The zero-order chi connectivity index (χ0) is 14.6. The first-order valence-corrected chi connectivity index (χ1v) is 7.21. The van der Waals surface area contributed by atoms with Crippen LogP contribution in [0.5, 0.6) is 5.75 Å². The third kappa shape index (κ3) is 3.31. The van der Waals surface area contributed by atoms with E-state index < -0.39 is 0 Å². The number of carbonyl (C=O) groups is 1. The average Bonchev–Trinajstić information content (AvgIpc) is 2.48. The van der Waals surface area contributed by atoms with Crippen molar-refractivity contribution in [3.05, 3.63) is 29.8 Å². The summed E-state index contributed by atoms with van der Waals surface area (Å²) < 4.78 is 5.23. The summed E-state index contributed by atoms with van der Waals surface area (Å²) in [4.78, 5) is 12.5. The van der Waals surface area contributed by atoms with Crippen molar-refractivity contribution in [3.8, 4) is 5.75 Å². The Labute approximate surface area is 120 Å². The largest absolute Gasteiger partial charge is 0.497 e. The second kappa shape index (κ2) is 6.27. The molecule has 1 atom stereocenters. The molecule has 110 valence electrons. The predicted octanol–water partition coefficient (Wildman–Crippen LogP) is 2.26. The van der Waals surface area contributed by atoms with Gasteiger partial charge in [0.25, 0.3) is 0 Å². The van der Waals surface area contributed by atoms with Crippen LogP contribution in [0.3, 0.4) is 0 Å². The maximum atomic E-state index is 12.5. The van der Waals surface area contributed by atoms with Crippen molar-refractivity contribution in [2.45, 2.75) is 32.7 Å². The third-order valence-corrected chi connectivity index (χ3v) is 4.20. The molecule has 1 fully saturated rings. The smallest absolute Gasteiger partial charge is 0.226 e. The van der Waals surface area contributed by atoms with Gasteiger partial charge in [-0.1, -0.05) is 19.1 Å². The van der Waals surface area contributed by atoms with Gasteiger partial charge in [0.15, 0.2) is 0 Å². The summed E-state index contributed by atoms with van der Waals surface area (Å²) in [6, 6.07) is 7.83. The molecule has 1 aliphatic heterocycles. The number of hydrogen-bond donors (Lipinski definition) is 2. The van der Waals surface area contributed by atoms with Gasteiger partial charge in [-0.05, 0) is 50.6 Å². The summed E-state index contributed by atoms with van der Waals surface area (Å²) in [6.07, 6.45) is 1.79. The van der Waals surface area contributed by atoms with Crippen LogP contribution < -0.4 is 15.4 Å². The molecule has 1 heterocycles. The van der Waals surface area contributed by atoms with Crippen molar-refractivity contribution >= 4 is 5.91 Å². The van der Waals surface area contributed by atoms with Crippen LogP contribution in [0, 0.1) is 5.41 Å². The predicted molar refractivity (Wildman–Crippen MR) is 79.8 cm³/mol. The SMILES string of the molecule is COc1cccc(C(C)NC(=O)C2(C)CCNCC2)c1. The second-order valence-corrected chi connectivity index (χ2v) is 5.78. The standard InChI is InChI=1S/C16H24N2O2/c1-12(13-5-4-6-14(11-13)20-3)18-15(19)16(2)7-9-17-10-8-16/h4-6,11-12,17H,7-10H2,1-3H3,(H,18,19). The first-order chi connectivity index (χ1) is 9.55. The third-order valence-electron chi connectivity index (χ3n) is 4.20. The van der Waals surface area contributed by atoms with Crippen molar-refractivity contribution < 1.29 is 9.53 Å². The maximum Gasteiger partial charge on any atom is 0.226 e. The Bertz CT molecular complexity index is 467. The highest BCUT2D eigenvalue weighted by Gasteiger charge is 2.35. The van der Waals surface area contributed by atoms with Crippen molar-refractivity contribution in [3.63, 3.8) is 0 Å². The Kier molecular flexibility index (Phi) is 4.65. The number of nitrogens with one attached hydrogen (secondary N) is 2. The summed E-state index contributed by atoms with van der Waals surface area (Å²) in [5.41, 5.74) is 0.813. The van der Waals surface area contributed by atoms with Crippen molar-refractivity contribution in [1.82, 2.24) is 10.6 Å². The zero-order valence-corrected chi connectivity index (χ0v) is 12.5. The van der Waals surface area contributed by atoms with Crippen LogP contribution in [-0.2, 0) is 4.79 Å². The van der Waals surface area contributed by atoms with E-state index in [1.54, 1.807) is 7.11 Å². The van der Waals surface area contributed by atoms with Crippen LogP contribution in [0.1, 0.15) is 38.3 Å². The second-order valence-electron chi connectivity index (χ2n) is 5.78. The molecule has 0 aromatic heterocycles. The van der Waals surface area contributed by atoms with Crippen LogP contribution in [0.25, 0.3) is 0 Å². The minimum Gasteiger partial charge on any atom is -0.497 e. The fourth-order valence-electron chi connectivity index (χ4n) is 2.57. The fourth-order valence-corrected chi connectivity index (χ4v) is 2.57. The van der Waals surface area contributed by atoms with Gasteiger partial charge in [0.2, 0.25) is 5.91 Å². The van der Waals surface area contributed by atoms with Crippen LogP contribution in [-0.4, -0.2) is 26.1 Å². The van der Waals surface area contributed by atoms with E-state index in [1.807, 2.05) is 31.2 Å². The lowest BCUT2D eigenvalue weighted by atomic mass is 9.80. The fraction of sp³-hybridized carbons (Fsp3) is 0.562. The van der Waals surface area contributed by atoms with Crippen LogP contribution in [0.2, 0.25) is 0 Å². The molecule has 4 nitrogen and oxygen atoms in total. The summed E-state index contributed by atoms with van der Waals surface area (Å²) in [6.45, 7) is 5.90. The molecule has 0 radical (unpaired) electrons. The van der Waals surface area contributed by atoms with Gasteiger partial charge < -0.3 is 15.4 Å². The average molecular weight is 276 g/mol. The van der Waals surface area contributed by atoms with Gasteiger partial charge in [-0.2, -0.15) is 0 Å². The van der Waals surface area contributed by atoms with Gasteiger partial charge in [-0.15, -0.1) is 0 Å². The highest BCUT2D eigenvalue weighted by molar-refractivity contribution is 5.82. The molecule has 1 unspecified atom stereocenters. The topological polar surface area (TPSA) is 50.4 Å². The van der Waals surface area contributed by atoms with Crippen molar-refractivity contribution in [2.24, 2.45) is 5.41 Å². The van der Waals surface area contributed by atoms with Crippen LogP contribution >= 0.6 is 0 Å². The van der Waals surface area contributed by atoms with Gasteiger partial charge in [0.05, 0.1) is 13.2 Å². The Balaban J connectivity index is 2.02. The number of methoxy groups -OCH3 is 1. The van der Waals surface area contributed by atoms with Gasteiger partial charge in [0.1, 0.15) is 5.75 Å². The highest BCUT2D eigenvalue weighted by atomic mass is 16.5. The molecule has 1 amide bonds. The number of benzene rings is 1. The normalized spacial score (nSPS) is 19.1. The van der Waals surface area contributed by atoms with E-state index in [0.29, 0.717) is 0 Å². The van der Waals surface area contributed by atoms with E-state index in [2.05, 4.69) is 17.6 Å². The van der Waals surface area contributed by atoms with Crippen molar-refractivity contribution in [2.75, 3.05) is 20.2 Å². The first kappa shape index (κ1) is 14.9. The molecule has 4 heteroatoms. The molecule has 2 N–H and O–H groups in total. The number of hydrogen-bond acceptors (Lipinski definition) is 3. The molecule has 0 saturated carbocycles. The van der Waals surface area contributed by atoms with E-state index in [4.69, 9.17) is 4.74 Å². The molecule has 20 heavy (non-hydrogen) atoms. The molecule has 1 aliphatic rings. The maximum absolute atomic E-state index is 12.5. The number of carbonyl (C=O) groups excluding carboxylic acids is 1. The summed E-state index contributed by atoms with van der Waals surface area (Å²) in [5.74, 6) is 0.964. The van der Waals surface area contributed by atoms with Crippen LogP contribution in [0.4, 0.5) is 0 Å². The molecule has 2 rings (SSSR count). The van der Waals surface area contributed by atoms with Crippen LogP contribution in [0.15, 0.2) is 24.3 Å². The summed E-state index contributed by atoms with van der Waals surface area (Å²) in [7, 11) is 1.65. The molecule has 0 aliphatic carbocycles. The number of ether oxygens (including phenoxy) is 1. The van der Waals surface area contributed by atoms with E-state index >= 15 is 0 Å². The first-order valence-electron chi connectivity index (χ1n) is 7.21. The van der Waals surface area contributed by atoms with E-state index in [0.717, 1.165) is 37.2 Å². The number of rotatable bonds is 4. The Morgan fingerprint density at radius 1 is 1.40 bits per heavy atom. The minimum atomic E-state index is -0.252. The molecule has 1 aromatic rings. The summed E-state index contributed by atoms with van der Waals surface area (Å²) in [5, 5.41) is 6.43. The van der Waals surface area contributed by atoms with Crippen molar-refractivity contribution in [1.29, 1.82) is 0 Å². The monoisotopic (exact) mass is 276 g/mol. The lowest BCUT2D eigenvalue weighted by Gasteiger charge is -2.33. The van der Waals surface area contributed by atoms with Gasteiger partial charge in [-0.25, -0.2) is 0 Å². The minimum absolute atomic E-state index is 0.00990. The number of amides is 1. The van der Waals surface area contributed by atoms with E-state index in [-0.39, 0.29) is 17.4 Å². The Morgan fingerprint density at radius 3 is 2.75 bits per heavy atom. The zero-order valence-electron chi connectivity index (χ0n) is 12.5. The number of piperidine rings is 1. The van der Waals surface area contributed by atoms with E-state index in [1.165, 1.54) is 0 Å². The highest BCUT2D eigenvalue weighted by Crippen LogP contribution is 2.29. The summed E-state index contributed by atoms with van der Waals surface area (Å²) >= 11 is 0. The molecule has 0 bridgehead atoms. The molecular formula is C16H24N2O2.